The second-order valence-corrected chi connectivity index (χ2v) is 3.25. The van der Waals surface area contributed by atoms with Crippen molar-refractivity contribution in [3.63, 3.8) is 0 Å². The van der Waals surface area contributed by atoms with Crippen LogP contribution in [0.1, 0.15) is 40.5 Å². The number of hydrogen-bond donors (Lipinski definition) is 0. The first-order valence-electron chi connectivity index (χ1n) is 4.81. The van der Waals surface area contributed by atoms with E-state index < -0.39 is 0 Å². The molecular formula is C10H18O4. The van der Waals surface area contributed by atoms with Gasteiger partial charge >= 0.3 is 11.9 Å². The van der Waals surface area contributed by atoms with E-state index >= 15 is 0 Å². The fraction of sp³-hybridized carbons (Fsp3) is 0.800. The lowest BCUT2D eigenvalue weighted by molar-refractivity contribution is -0.164. The number of carbonyl (C=O) groups excluding carboxylic acids is 2. The highest BCUT2D eigenvalue weighted by Crippen LogP contribution is 2.11. The van der Waals surface area contributed by atoms with Gasteiger partial charge in [-0.1, -0.05) is 13.3 Å². The van der Waals surface area contributed by atoms with Gasteiger partial charge in [0.1, 0.15) is 12.2 Å². The third-order valence-corrected chi connectivity index (χ3v) is 1.77. The van der Waals surface area contributed by atoms with E-state index in [4.69, 9.17) is 9.47 Å². The lowest BCUT2D eigenvalue weighted by Gasteiger charge is -2.22. The molecule has 0 aromatic heterocycles. The van der Waals surface area contributed by atoms with E-state index in [1.165, 1.54) is 13.8 Å². The van der Waals surface area contributed by atoms with E-state index in [2.05, 4.69) is 0 Å². The highest BCUT2D eigenvalue weighted by atomic mass is 16.6. The van der Waals surface area contributed by atoms with Gasteiger partial charge in [0.25, 0.3) is 0 Å². The molecule has 0 N–H and O–H groups in total. The Bertz CT molecular complexity index is 200. The van der Waals surface area contributed by atoms with Crippen molar-refractivity contribution in [1.29, 1.82) is 0 Å². The Labute approximate surface area is 84.6 Å². The Kier molecular flexibility index (Phi) is 5.92. The van der Waals surface area contributed by atoms with Crippen LogP contribution in [0.15, 0.2) is 0 Å². The molecule has 14 heavy (non-hydrogen) atoms. The summed E-state index contributed by atoms with van der Waals surface area (Å²) in [6.45, 7) is 6.40. The SMILES string of the molecule is CCC[C@H](OC(C)=O)[C@@H](C)OC(C)=O. The third-order valence-electron chi connectivity index (χ3n) is 1.77. The molecule has 4 heteroatoms. The summed E-state index contributed by atoms with van der Waals surface area (Å²) in [5.74, 6) is -0.701. The predicted octanol–water partition coefficient (Wildman–Crippen LogP) is 1.67. The van der Waals surface area contributed by atoms with Crippen LogP contribution in [-0.4, -0.2) is 24.1 Å². The molecule has 2 atom stereocenters. The maximum Gasteiger partial charge on any atom is 0.303 e. The second-order valence-electron chi connectivity index (χ2n) is 3.25. The molecule has 0 aliphatic carbocycles. The van der Waals surface area contributed by atoms with Gasteiger partial charge in [0, 0.05) is 13.8 Å². The fourth-order valence-corrected chi connectivity index (χ4v) is 1.22. The van der Waals surface area contributed by atoms with Crippen molar-refractivity contribution in [1.82, 2.24) is 0 Å². The molecule has 0 aliphatic heterocycles. The van der Waals surface area contributed by atoms with Gasteiger partial charge in [0.15, 0.2) is 0 Å². The fourth-order valence-electron chi connectivity index (χ4n) is 1.22. The molecule has 0 aromatic rings. The topological polar surface area (TPSA) is 52.6 Å². The molecule has 0 aliphatic rings. The molecule has 0 bridgehead atoms. The van der Waals surface area contributed by atoms with Crippen LogP contribution in [0.25, 0.3) is 0 Å². The van der Waals surface area contributed by atoms with E-state index in [1.807, 2.05) is 6.92 Å². The molecule has 0 radical (unpaired) electrons. The first kappa shape index (κ1) is 12.9. The predicted molar refractivity (Wildman–Crippen MR) is 51.7 cm³/mol. The number of ether oxygens (including phenoxy) is 2. The first-order valence-corrected chi connectivity index (χ1v) is 4.81. The monoisotopic (exact) mass is 202 g/mol. The molecule has 0 amide bonds. The number of esters is 2. The van der Waals surface area contributed by atoms with Gasteiger partial charge in [-0.25, -0.2) is 0 Å². The molecule has 0 saturated heterocycles. The summed E-state index contributed by atoms with van der Waals surface area (Å²) in [6, 6.07) is 0. The Hall–Kier alpha value is -1.06. The molecule has 0 rings (SSSR count). The standard InChI is InChI=1S/C10H18O4/c1-5-6-10(14-9(4)12)7(2)13-8(3)11/h7,10H,5-6H2,1-4H3/t7-,10+/m1/s1. The number of carbonyl (C=O) groups is 2. The van der Waals surface area contributed by atoms with E-state index in [-0.39, 0.29) is 24.1 Å². The maximum atomic E-state index is 10.8. The zero-order valence-corrected chi connectivity index (χ0v) is 9.20. The van der Waals surface area contributed by atoms with Crippen LogP contribution in [0.5, 0.6) is 0 Å². The van der Waals surface area contributed by atoms with Crippen molar-refractivity contribution in [3.05, 3.63) is 0 Å². The third kappa shape index (κ3) is 5.56. The van der Waals surface area contributed by atoms with Crippen LogP contribution in [0.4, 0.5) is 0 Å². The Morgan fingerprint density at radius 1 is 1.14 bits per heavy atom. The normalized spacial score (nSPS) is 14.3. The Morgan fingerprint density at radius 3 is 2.00 bits per heavy atom. The van der Waals surface area contributed by atoms with Crippen molar-refractivity contribution in [2.24, 2.45) is 0 Å². The summed E-state index contributed by atoms with van der Waals surface area (Å²) < 4.78 is 9.99. The lowest BCUT2D eigenvalue weighted by Crippen LogP contribution is -2.31. The van der Waals surface area contributed by atoms with Gasteiger partial charge in [-0.3, -0.25) is 9.59 Å². The van der Waals surface area contributed by atoms with Gasteiger partial charge in [-0.15, -0.1) is 0 Å². The maximum absolute atomic E-state index is 10.8. The van der Waals surface area contributed by atoms with Crippen molar-refractivity contribution >= 4 is 11.9 Å². The lowest BCUT2D eigenvalue weighted by atomic mass is 10.1. The zero-order valence-electron chi connectivity index (χ0n) is 9.20. The van der Waals surface area contributed by atoms with E-state index in [1.54, 1.807) is 6.92 Å². The molecule has 82 valence electrons. The summed E-state index contributed by atoms with van der Waals surface area (Å²) in [6.07, 6.45) is 0.871. The van der Waals surface area contributed by atoms with Crippen LogP contribution in [0, 0.1) is 0 Å². The number of hydrogen-bond acceptors (Lipinski definition) is 4. The molecule has 0 unspecified atom stereocenters. The molecular weight excluding hydrogens is 184 g/mol. The van der Waals surface area contributed by atoms with Crippen LogP contribution in [-0.2, 0) is 19.1 Å². The van der Waals surface area contributed by atoms with Crippen LogP contribution in [0.3, 0.4) is 0 Å². The minimum Gasteiger partial charge on any atom is -0.459 e. The average molecular weight is 202 g/mol. The Morgan fingerprint density at radius 2 is 1.64 bits per heavy atom. The molecule has 0 aromatic carbocycles. The molecule has 0 saturated carbocycles. The van der Waals surface area contributed by atoms with Crippen LogP contribution >= 0.6 is 0 Å². The van der Waals surface area contributed by atoms with Gasteiger partial charge in [-0.05, 0) is 13.3 Å². The molecule has 0 spiro atoms. The van der Waals surface area contributed by atoms with Crippen molar-refractivity contribution in [3.8, 4) is 0 Å². The summed E-state index contributed by atoms with van der Waals surface area (Å²) >= 11 is 0. The summed E-state index contributed by atoms with van der Waals surface area (Å²) in [4.78, 5) is 21.4. The van der Waals surface area contributed by atoms with Gasteiger partial charge < -0.3 is 9.47 Å². The molecule has 0 fully saturated rings. The average Bonchev–Trinajstić information content (AvgIpc) is 2.01. The molecule has 0 heterocycles. The zero-order chi connectivity index (χ0) is 11.1. The highest BCUT2D eigenvalue weighted by molar-refractivity contribution is 5.67. The minimum atomic E-state index is -0.378. The smallest absolute Gasteiger partial charge is 0.303 e. The number of rotatable bonds is 5. The summed E-state index contributed by atoms with van der Waals surface area (Å²) in [7, 11) is 0. The summed E-state index contributed by atoms with van der Waals surface area (Å²) in [5.41, 5.74) is 0. The largest absolute Gasteiger partial charge is 0.459 e. The summed E-state index contributed by atoms with van der Waals surface area (Å²) in [5, 5.41) is 0. The van der Waals surface area contributed by atoms with Crippen molar-refractivity contribution in [2.75, 3.05) is 0 Å². The second kappa shape index (κ2) is 6.40. The quantitative estimate of drug-likeness (QED) is 0.636. The van der Waals surface area contributed by atoms with Crippen LogP contribution in [0.2, 0.25) is 0 Å². The molecule has 4 nitrogen and oxygen atoms in total. The Balaban J connectivity index is 4.16. The van der Waals surface area contributed by atoms with Gasteiger partial charge in [0.05, 0.1) is 0 Å². The highest BCUT2D eigenvalue weighted by Gasteiger charge is 2.21. The van der Waals surface area contributed by atoms with Crippen LogP contribution < -0.4 is 0 Å². The van der Waals surface area contributed by atoms with E-state index in [9.17, 15) is 9.59 Å². The van der Waals surface area contributed by atoms with E-state index in [0.717, 1.165) is 6.42 Å². The van der Waals surface area contributed by atoms with Gasteiger partial charge in [0.2, 0.25) is 0 Å². The van der Waals surface area contributed by atoms with Crippen molar-refractivity contribution < 1.29 is 19.1 Å². The van der Waals surface area contributed by atoms with Crippen molar-refractivity contribution in [2.45, 2.75) is 52.7 Å². The minimum absolute atomic E-state index is 0.332. The first-order chi connectivity index (χ1) is 6.47. The van der Waals surface area contributed by atoms with E-state index in [0.29, 0.717) is 6.42 Å². The van der Waals surface area contributed by atoms with Gasteiger partial charge in [-0.2, -0.15) is 0 Å².